The van der Waals surface area contributed by atoms with Crippen molar-refractivity contribution in [2.24, 2.45) is 0 Å². The third-order valence-electron chi connectivity index (χ3n) is 3.47. The number of carbonyl (C=O) groups excluding carboxylic acids is 1. The highest BCUT2D eigenvalue weighted by molar-refractivity contribution is 7.99. The Morgan fingerprint density at radius 3 is 2.78 bits per heavy atom. The van der Waals surface area contributed by atoms with Crippen LogP contribution < -0.4 is 0 Å². The molecule has 6 heteroatoms. The molecule has 0 aliphatic carbocycles. The summed E-state index contributed by atoms with van der Waals surface area (Å²) in [4.78, 5) is 16.2. The molecule has 0 amide bonds. The molecular formula is C17H15N3O2S. The average Bonchev–Trinajstić information content (AvgIpc) is 3.05. The van der Waals surface area contributed by atoms with Crippen LogP contribution in [-0.2, 0) is 0 Å². The van der Waals surface area contributed by atoms with Crippen molar-refractivity contribution in [2.75, 3.05) is 5.75 Å². The van der Waals surface area contributed by atoms with Crippen LogP contribution in [0.2, 0.25) is 0 Å². The number of rotatable bonds is 5. The van der Waals surface area contributed by atoms with Gasteiger partial charge in [-0.3, -0.25) is 9.78 Å². The average molecular weight is 325 g/mol. The summed E-state index contributed by atoms with van der Waals surface area (Å²) in [5, 5.41) is 8.31. The summed E-state index contributed by atoms with van der Waals surface area (Å²) in [7, 11) is 0. The smallest absolute Gasteiger partial charge is 0.277 e. The third-order valence-corrected chi connectivity index (χ3v) is 4.29. The Labute approximate surface area is 138 Å². The van der Waals surface area contributed by atoms with E-state index in [0.717, 1.165) is 11.1 Å². The van der Waals surface area contributed by atoms with E-state index >= 15 is 0 Å². The van der Waals surface area contributed by atoms with Gasteiger partial charge < -0.3 is 4.42 Å². The Morgan fingerprint density at radius 1 is 1.17 bits per heavy atom. The van der Waals surface area contributed by atoms with E-state index in [1.54, 1.807) is 18.5 Å². The second-order valence-corrected chi connectivity index (χ2v) is 6.05. The molecule has 3 aromatic rings. The van der Waals surface area contributed by atoms with Crippen LogP contribution in [0.4, 0.5) is 0 Å². The first-order valence-corrected chi connectivity index (χ1v) is 8.09. The molecule has 0 aliphatic rings. The highest BCUT2D eigenvalue weighted by Crippen LogP contribution is 2.23. The van der Waals surface area contributed by atoms with Gasteiger partial charge in [-0.1, -0.05) is 23.9 Å². The summed E-state index contributed by atoms with van der Waals surface area (Å²) in [6, 6.07) is 9.36. The highest BCUT2D eigenvalue weighted by atomic mass is 32.2. The van der Waals surface area contributed by atoms with Crippen LogP contribution in [0.5, 0.6) is 0 Å². The van der Waals surface area contributed by atoms with E-state index in [-0.39, 0.29) is 11.5 Å². The third kappa shape index (κ3) is 3.65. The van der Waals surface area contributed by atoms with Gasteiger partial charge in [0.15, 0.2) is 5.78 Å². The molecule has 0 saturated heterocycles. The number of hydrogen-bond acceptors (Lipinski definition) is 6. The van der Waals surface area contributed by atoms with Crippen molar-refractivity contribution in [1.82, 2.24) is 15.2 Å². The number of Topliss-reactive ketones (excluding diaryl/α,β-unsaturated/α-hetero) is 1. The Bertz CT molecular complexity index is 831. The van der Waals surface area contributed by atoms with Gasteiger partial charge in [-0.2, -0.15) is 0 Å². The molecule has 23 heavy (non-hydrogen) atoms. The predicted octanol–water partition coefficient (Wildman–Crippen LogP) is 3.72. The molecule has 0 aliphatic heterocycles. The lowest BCUT2D eigenvalue weighted by Gasteiger charge is -2.03. The van der Waals surface area contributed by atoms with Crippen LogP contribution in [0.1, 0.15) is 21.5 Å². The molecule has 2 aromatic heterocycles. The van der Waals surface area contributed by atoms with Gasteiger partial charge >= 0.3 is 0 Å². The normalized spacial score (nSPS) is 10.7. The van der Waals surface area contributed by atoms with Gasteiger partial charge in [0.05, 0.1) is 11.3 Å². The zero-order valence-electron chi connectivity index (χ0n) is 12.8. The predicted molar refractivity (Wildman–Crippen MR) is 88.5 cm³/mol. The van der Waals surface area contributed by atoms with Crippen LogP contribution in [-0.4, -0.2) is 26.7 Å². The van der Waals surface area contributed by atoms with Gasteiger partial charge in [0.1, 0.15) is 0 Å². The molecule has 0 fully saturated rings. The monoisotopic (exact) mass is 325 g/mol. The van der Waals surface area contributed by atoms with Gasteiger partial charge in [-0.05, 0) is 43.2 Å². The number of thioether (sulfide) groups is 1. The maximum Gasteiger partial charge on any atom is 0.277 e. The summed E-state index contributed by atoms with van der Waals surface area (Å²) in [5.74, 6) is 0.704. The molecule has 0 bridgehead atoms. The number of benzene rings is 1. The van der Waals surface area contributed by atoms with Crippen LogP contribution in [0, 0.1) is 13.8 Å². The van der Waals surface area contributed by atoms with Gasteiger partial charge in [-0.15, -0.1) is 10.2 Å². The molecule has 0 atom stereocenters. The second-order valence-electron chi connectivity index (χ2n) is 5.13. The minimum Gasteiger partial charge on any atom is -0.411 e. The summed E-state index contributed by atoms with van der Waals surface area (Å²) >= 11 is 1.24. The van der Waals surface area contributed by atoms with Crippen molar-refractivity contribution in [3.05, 3.63) is 59.4 Å². The fraction of sp³-hybridized carbons (Fsp3) is 0.176. The summed E-state index contributed by atoms with van der Waals surface area (Å²) in [5.41, 5.74) is 3.74. The van der Waals surface area contributed by atoms with Crippen molar-refractivity contribution in [1.29, 1.82) is 0 Å². The van der Waals surface area contributed by atoms with Gasteiger partial charge in [0.25, 0.3) is 5.22 Å². The Balaban J connectivity index is 1.65. The first kappa shape index (κ1) is 15.4. The lowest BCUT2D eigenvalue weighted by molar-refractivity contribution is 0.102. The number of carbonyl (C=O) groups is 1. The molecule has 0 radical (unpaired) electrons. The van der Waals surface area contributed by atoms with Crippen molar-refractivity contribution < 1.29 is 9.21 Å². The van der Waals surface area contributed by atoms with E-state index in [1.807, 2.05) is 38.1 Å². The summed E-state index contributed by atoms with van der Waals surface area (Å²) in [6.07, 6.45) is 3.33. The largest absolute Gasteiger partial charge is 0.411 e. The van der Waals surface area contributed by atoms with Crippen molar-refractivity contribution >= 4 is 17.5 Å². The Kier molecular flexibility index (Phi) is 4.52. The zero-order valence-corrected chi connectivity index (χ0v) is 13.6. The van der Waals surface area contributed by atoms with E-state index in [4.69, 9.17) is 4.42 Å². The Morgan fingerprint density at radius 2 is 2.04 bits per heavy atom. The lowest BCUT2D eigenvalue weighted by atomic mass is 10.0. The second kappa shape index (κ2) is 6.75. The fourth-order valence-electron chi connectivity index (χ4n) is 2.00. The number of hydrogen-bond donors (Lipinski definition) is 0. The molecule has 3 rings (SSSR count). The number of ketones is 1. The molecule has 1 aromatic carbocycles. The lowest BCUT2D eigenvalue weighted by Crippen LogP contribution is -2.03. The first-order chi connectivity index (χ1) is 11.1. The van der Waals surface area contributed by atoms with Crippen molar-refractivity contribution in [2.45, 2.75) is 19.1 Å². The van der Waals surface area contributed by atoms with E-state index < -0.39 is 0 Å². The molecule has 5 nitrogen and oxygen atoms in total. The van der Waals surface area contributed by atoms with Crippen molar-refractivity contribution in [3.63, 3.8) is 0 Å². The summed E-state index contributed by atoms with van der Waals surface area (Å²) < 4.78 is 5.55. The van der Waals surface area contributed by atoms with Crippen LogP contribution in [0.15, 0.2) is 52.4 Å². The molecular weight excluding hydrogens is 310 g/mol. The minimum atomic E-state index is 0.0410. The van der Waals surface area contributed by atoms with E-state index in [0.29, 0.717) is 16.7 Å². The standard InChI is InChI=1S/C17H15N3O2S/c1-11-5-6-13(8-12(11)2)15(21)10-23-17-20-19-16(22-17)14-4-3-7-18-9-14/h3-9H,10H2,1-2H3. The van der Waals surface area contributed by atoms with Crippen LogP contribution >= 0.6 is 11.8 Å². The topological polar surface area (TPSA) is 68.9 Å². The van der Waals surface area contributed by atoms with Crippen LogP contribution in [0.25, 0.3) is 11.5 Å². The molecule has 0 unspecified atom stereocenters. The number of pyridine rings is 1. The molecule has 2 heterocycles. The number of nitrogens with zero attached hydrogens (tertiary/aromatic N) is 3. The fourth-order valence-corrected chi connectivity index (χ4v) is 2.66. The van der Waals surface area contributed by atoms with Gasteiger partial charge in [-0.25, -0.2) is 0 Å². The first-order valence-electron chi connectivity index (χ1n) is 7.10. The number of aromatic nitrogens is 3. The van der Waals surface area contributed by atoms with E-state index in [9.17, 15) is 4.79 Å². The van der Waals surface area contributed by atoms with Crippen molar-refractivity contribution in [3.8, 4) is 11.5 Å². The van der Waals surface area contributed by atoms with Gasteiger partial charge in [0.2, 0.25) is 5.89 Å². The minimum absolute atomic E-state index is 0.0410. The highest BCUT2D eigenvalue weighted by Gasteiger charge is 2.12. The molecule has 0 saturated carbocycles. The molecule has 116 valence electrons. The number of aryl methyl sites for hydroxylation is 2. The maximum atomic E-state index is 12.2. The van der Waals surface area contributed by atoms with E-state index in [2.05, 4.69) is 15.2 Å². The summed E-state index contributed by atoms with van der Waals surface area (Å²) in [6.45, 7) is 4.02. The quantitative estimate of drug-likeness (QED) is 0.526. The van der Waals surface area contributed by atoms with E-state index in [1.165, 1.54) is 17.3 Å². The molecule has 0 N–H and O–H groups in total. The maximum absolute atomic E-state index is 12.2. The zero-order chi connectivity index (χ0) is 16.2. The Hall–Kier alpha value is -2.47. The molecule has 0 spiro atoms. The van der Waals surface area contributed by atoms with Crippen LogP contribution in [0.3, 0.4) is 0 Å². The SMILES string of the molecule is Cc1ccc(C(=O)CSc2nnc(-c3cccnc3)o2)cc1C. The van der Waals surface area contributed by atoms with Gasteiger partial charge in [0, 0.05) is 18.0 Å².